The average Bonchev–Trinajstić information content (AvgIpc) is 3.43. The largest absolute Gasteiger partial charge is 0.471 e. The molecule has 0 fully saturated rings. The van der Waals surface area contributed by atoms with Crippen molar-refractivity contribution in [2.24, 2.45) is 5.92 Å². The summed E-state index contributed by atoms with van der Waals surface area (Å²) >= 11 is 0. The SMILES string of the molecule is CC.CC.CC(C)C.CCCC(C)N(C)C(=O)CNC.COC=O.COCCCCc1cccc2c1CN(C(=O)O)C2. The van der Waals surface area contributed by atoms with Crippen molar-refractivity contribution in [3.05, 3.63) is 34.9 Å². The number of rotatable bonds is 11. The lowest BCUT2D eigenvalue weighted by atomic mass is 9.99. The Morgan fingerprint density at radius 3 is 2.05 bits per heavy atom. The number of carbonyl (C=O) groups is 3. The molecule has 1 aliphatic heterocycles. The van der Waals surface area contributed by atoms with E-state index in [2.05, 4.69) is 50.7 Å². The first kappa shape index (κ1) is 46.3. The maximum absolute atomic E-state index is 11.3. The zero-order chi connectivity index (χ0) is 33.5. The molecule has 0 aliphatic carbocycles. The fraction of sp³-hybridized carbons (Fsp3) is 0.727. The number of aryl methyl sites for hydroxylation is 1. The summed E-state index contributed by atoms with van der Waals surface area (Å²) in [6.45, 7) is 21.4. The van der Waals surface area contributed by atoms with Crippen LogP contribution in [0.1, 0.15) is 105 Å². The summed E-state index contributed by atoms with van der Waals surface area (Å²) in [6, 6.07) is 6.51. The summed E-state index contributed by atoms with van der Waals surface area (Å²) in [6.07, 6.45) is 4.49. The van der Waals surface area contributed by atoms with Crippen LogP contribution in [-0.4, -0.2) is 80.9 Å². The lowest BCUT2D eigenvalue weighted by molar-refractivity contribution is -0.130. The van der Waals surface area contributed by atoms with Gasteiger partial charge in [0.15, 0.2) is 0 Å². The van der Waals surface area contributed by atoms with Gasteiger partial charge in [0.1, 0.15) is 0 Å². The number of nitrogens with zero attached hydrogens (tertiary/aromatic N) is 2. The van der Waals surface area contributed by atoms with E-state index in [4.69, 9.17) is 14.6 Å². The number of unbranched alkanes of at least 4 members (excludes halogenated alkanes) is 1. The summed E-state index contributed by atoms with van der Waals surface area (Å²) in [7, 11) is 6.67. The normalized spacial score (nSPS) is 11.1. The fourth-order valence-corrected chi connectivity index (χ4v) is 3.56. The Bertz CT molecular complexity index is 771. The molecule has 248 valence electrons. The van der Waals surface area contributed by atoms with Crippen LogP contribution in [0.5, 0.6) is 0 Å². The predicted molar refractivity (Wildman–Crippen MR) is 176 cm³/mol. The topological polar surface area (TPSA) is 108 Å². The zero-order valence-corrected chi connectivity index (χ0v) is 29.2. The van der Waals surface area contributed by atoms with E-state index >= 15 is 0 Å². The van der Waals surface area contributed by atoms with E-state index < -0.39 is 6.09 Å². The maximum atomic E-state index is 11.3. The van der Waals surface area contributed by atoms with Crippen molar-refractivity contribution < 1.29 is 29.0 Å². The van der Waals surface area contributed by atoms with Gasteiger partial charge in [0.2, 0.25) is 5.91 Å². The van der Waals surface area contributed by atoms with Crippen LogP contribution in [-0.2, 0) is 38.6 Å². The first-order chi connectivity index (χ1) is 20.0. The Kier molecular flexibility index (Phi) is 36.2. The van der Waals surface area contributed by atoms with Crippen LogP contribution < -0.4 is 5.32 Å². The van der Waals surface area contributed by atoms with Gasteiger partial charge in [0.05, 0.1) is 13.7 Å². The van der Waals surface area contributed by atoms with Gasteiger partial charge in [0.25, 0.3) is 6.47 Å². The summed E-state index contributed by atoms with van der Waals surface area (Å²) in [5, 5.41) is 11.9. The Morgan fingerprint density at radius 2 is 1.62 bits per heavy atom. The summed E-state index contributed by atoms with van der Waals surface area (Å²) < 4.78 is 8.90. The molecule has 1 aromatic rings. The van der Waals surface area contributed by atoms with Crippen LogP contribution in [0.15, 0.2) is 18.2 Å². The third-order valence-electron chi connectivity index (χ3n) is 5.58. The van der Waals surface area contributed by atoms with E-state index in [0.717, 1.165) is 50.2 Å². The molecule has 1 aromatic carbocycles. The maximum Gasteiger partial charge on any atom is 0.407 e. The van der Waals surface area contributed by atoms with Gasteiger partial charge in [0, 0.05) is 39.9 Å². The van der Waals surface area contributed by atoms with E-state index in [1.165, 1.54) is 23.1 Å². The molecule has 2 N–H and O–H groups in total. The lowest BCUT2D eigenvalue weighted by Gasteiger charge is -2.24. The minimum atomic E-state index is -0.837. The molecular formula is C33H65N3O6. The molecule has 0 bridgehead atoms. The van der Waals surface area contributed by atoms with Crippen molar-refractivity contribution in [3.8, 4) is 0 Å². The second-order valence-electron chi connectivity index (χ2n) is 9.88. The van der Waals surface area contributed by atoms with Gasteiger partial charge in [-0.25, -0.2) is 4.79 Å². The number of hydrogen-bond acceptors (Lipinski definition) is 6. The molecule has 1 aliphatic rings. The molecule has 0 spiro atoms. The van der Waals surface area contributed by atoms with Gasteiger partial charge < -0.3 is 24.8 Å². The van der Waals surface area contributed by atoms with E-state index in [1.54, 1.807) is 19.1 Å². The molecule has 0 saturated heterocycles. The van der Waals surface area contributed by atoms with Gasteiger partial charge in [-0.1, -0.05) is 80.0 Å². The molecule has 9 nitrogen and oxygen atoms in total. The zero-order valence-electron chi connectivity index (χ0n) is 29.2. The van der Waals surface area contributed by atoms with Crippen molar-refractivity contribution in [2.75, 3.05) is 41.5 Å². The molecule has 0 radical (unpaired) electrons. The third-order valence-corrected chi connectivity index (χ3v) is 5.58. The second-order valence-corrected chi connectivity index (χ2v) is 9.88. The molecule has 42 heavy (non-hydrogen) atoms. The van der Waals surface area contributed by atoms with Crippen LogP contribution in [0.4, 0.5) is 4.79 Å². The Labute approximate surface area is 258 Å². The minimum Gasteiger partial charge on any atom is -0.471 e. The van der Waals surface area contributed by atoms with Crippen molar-refractivity contribution in [1.29, 1.82) is 0 Å². The van der Waals surface area contributed by atoms with Crippen molar-refractivity contribution in [2.45, 2.75) is 114 Å². The summed E-state index contributed by atoms with van der Waals surface area (Å²) in [4.78, 5) is 34.5. The number of methoxy groups -OCH3 is 2. The number of hydrogen-bond donors (Lipinski definition) is 2. The third kappa shape index (κ3) is 25.1. The summed E-state index contributed by atoms with van der Waals surface area (Å²) in [5.74, 6) is 0.999. The minimum absolute atomic E-state index is 0.165. The number of carbonyl (C=O) groups excluding carboxylic acids is 2. The number of nitrogens with one attached hydrogen (secondary N) is 1. The van der Waals surface area contributed by atoms with Gasteiger partial charge >= 0.3 is 6.09 Å². The highest BCUT2D eigenvalue weighted by atomic mass is 16.5. The molecule has 1 heterocycles. The molecule has 9 heteroatoms. The number of ether oxygens (including phenoxy) is 2. The number of benzene rings is 1. The quantitative estimate of drug-likeness (QED) is 0.208. The van der Waals surface area contributed by atoms with Crippen molar-refractivity contribution >= 4 is 18.5 Å². The van der Waals surface area contributed by atoms with E-state index in [9.17, 15) is 9.59 Å². The molecule has 0 aromatic heterocycles. The lowest BCUT2D eigenvalue weighted by Crippen LogP contribution is -2.39. The average molecular weight is 600 g/mol. The predicted octanol–water partition coefficient (Wildman–Crippen LogP) is 7.01. The van der Waals surface area contributed by atoms with E-state index in [0.29, 0.717) is 32.1 Å². The number of likely N-dealkylation sites (N-methyl/N-ethyl adjacent to an activating group) is 2. The standard InChI is InChI=1S/C14H19NO3.C9H20N2O.C4H10.C2H4O2.2C2H6/c1-18-8-3-2-5-11-6-4-7-12-9-15(14(16)17)10-13(11)12;1-5-6-8(2)11(4)9(12)7-10-3;1-4(2)3;1-4-2-3;2*1-2/h4,6-7H,2-3,5,8-10H2,1H3,(H,16,17);8,10H,5-7H2,1-4H3;4H,1-3H3;2H,1H3;2*1-2H3. The number of carboxylic acid groups (broad SMARTS) is 1. The highest BCUT2D eigenvalue weighted by Gasteiger charge is 2.24. The number of fused-ring (bicyclic) bond motifs is 1. The molecule has 2 rings (SSSR count). The molecule has 1 atom stereocenters. The van der Waals surface area contributed by atoms with Gasteiger partial charge in [-0.15, -0.1) is 0 Å². The smallest absolute Gasteiger partial charge is 0.407 e. The van der Waals surface area contributed by atoms with Gasteiger partial charge in [-0.3, -0.25) is 14.5 Å². The highest BCUT2D eigenvalue weighted by molar-refractivity contribution is 5.78. The van der Waals surface area contributed by atoms with E-state index in [1.807, 2.05) is 46.9 Å². The van der Waals surface area contributed by atoms with Crippen LogP contribution in [0, 0.1) is 5.92 Å². The van der Waals surface area contributed by atoms with Gasteiger partial charge in [-0.2, -0.15) is 0 Å². The van der Waals surface area contributed by atoms with Crippen LogP contribution in [0.25, 0.3) is 0 Å². The van der Waals surface area contributed by atoms with Crippen LogP contribution >= 0.6 is 0 Å². The van der Waals surface area contributed by atoms with Crippen LogP contribution in [0.3, 0.4) is 0 Å². The first-order valence-electron chi connectivity index (χ1n) is 15.4. The molecule has 2 amide bonds. The summed E-state index contributed by atoms with van der Waals surface area (Å²) in [5.41, 5.74) is 3.64. The van der Waals surface area contributed by atoms with Crippen LogP contribution in [0.2, 0.25) is 0 Å². The van der Waals surface area contributed by atoms with Gasteiger partial charge in [-0.05, 0) is 62.3 Å². The second kappa shape index (κ2) is 32.9. The Hall–Kier alpha value is -2.65. The Morgan fingerprint density at radius 1 is 1.07 bits per heavy atom. The molecular weight excluding hydrogens is 534 g/mol. The number of amides is 2. The van der Waals surface area contributed by atoms with Crippen molar-refractivity contribution in [3.63, 3.8) is 0 Å². The monoisotopic (exact) mass is 599 g/mol. The molecule has 1 unspecified atom stereocenters. The fourth-order valence-electron chi connectivity index (χ4n) is 3.56. The highest BCUT2D eigenvalue weighted by Crippen LogP contribution is 2.27. The molecule has 0 saturated carbocycles. The van der Waals surface area contributed by atoms with E-state index in [-0.39, 0.29) is 5.91 Å². The first-order valence-corrected chi connectivity index (χ1v) is 15.4. The Balaban J connectivity index is -0.000000260. The van der Waals surface area contributed by atoms with Crippen molar-refractivity contribution in [1.82, 2.24) is 15.1 Å².